The second-order valence-electron chi connectivity index (χ2n) is 7.51. The lowest BCUT2D eigenvalue weighted by Gasteiger charge is -2.31. The Hall–Kier alpha value is -2.57. The molecule has 1 unspecified atom stereocenters. The Morgan fingerprint density at radius 1 is 1.11 bits per heavy atom. The van der Waals surface area contributed by atoms with Gasteiger partial charge in [0.05, 0.1) is 5.69 Å². The highest BCUT2D eigenvalue weighted by atomic mass is 32.1. The van der Waals surface area contributed by atoms with Crippen LogP contribution in [0.3, 0.4) is 0 Å². The zero-order chi connectivity index (χ0) is 18.9. The van der Waals surface area contributed by atoms with E-state index < -0.39 is 0 Å². The molecule has 0 N–H and O–H groups in total. The molecule has 4 aromatic rings. The zero-order valence-corrected chi connectivity index (χ0v) is 16.8. The largest absolute Gasteiger partial charge is 0.297 e. The van der Waals surface area contributed by atoms with Crippen molar-refractivity contribution in [2.24, 2.45) is 0 Å². The highest BCUT2D eigenvalue weighted by Gasteiger charge is 2.25. The number of pyridine rings is 2. The Kier molecular flexibility index (Phi) is 4.66. The van der Waals surface area contributed by atoms with Crippen LogP contribution >= 0.6 is 11.3 Å². The normalized spacial score (nSPS) is 18.0. The van der Waals surface area contributed by atoms with E-state index in [1.165, 1.54) is 16.9 Å². The second-order valence-corrected chi connectivity index (χ2v) is 8.46. The van der Waals surface area contributed by atoms with Crippen molar-refractivity contribution >= 4 is 17.0 Å². The van der Waals surface area contributed by atoms with E-state index in [2.05, 4.69) is 57.9 Å². The molecule has 0 aromatic carbocycles. The third-order valence-corrected chi connectivity index (χ3v) is 6.27. The van der Waals surface area contributed by atoms with Gasteiger partial charge in [-0.15, -0.1) is 11.3 Å². The van der Waals surface area contributed by atoms with E-state index in [-0.39, 0.29) is 0 Å². The van der Waals surface area contributed by atoms with Crippen molar-refractivity contribution in [3.8, 4) is 10.4 Å². The van der Waals surface area contributed by atoms with Crippen molar-refractivity contribution in [2.45, 2.75) is 32.2 Å². The summed E-state index contributed by atoms with van der Waals surface area (Å²) >= 11 is 1.75. The third-order valence-electron chi connectivity index (χ3n) is 5.36. The van der Waals surface area contributed by atoms with Gasteiger partial charge >= 0.3 is 0 Å². The molecule has 5 nitrogen and oxygen atoms in total. The van der Waals surface area contributed by atoms with Gasteiger partial charge in [-0.2, -0.15) is 5.10 Å². The molecule has 1 saturated heterocycles. The predicted octanol–water partition coefficient (Wildman–Crippen LogP) is 4.54. The van der Waals surface area contributed by atoms with Crippen LogP contribution in [0.1, 0.15) is 36.0 Å². The highest BCUT2D eigenvalue weighted by molar-refractivity contribution is 7.13. The summed E-state index contributed by atoms with van der Waals surface area (Å²) < 4.78 is 1.94. The van der Waals surface area contributed by atoms with E-state index in [9.17, 15) is 0 Å². The maximum Gasteiger partial charge on any atom is 0.156 e. The van der Waals surface area contributed by atoms with E-state index >= 15 is 0 Å². The lowest BCUT2D eigenvalue weighted by molar-refractivity contribution is 0.194. The molecule has 6 heteroatoms. The fourth-order valence-electron chi connectivity index (χ4n) is 3.99. The number of aromatic nitrogens is 4. The van der Waals surface area contributed by atoms with Crippen LogP contribution < -0.4 is 0 Å². The molecule has 0 radical (unpaired) electrons. The molecule has 5 rings (SSSR count). The summed E-state index contributed by atoms with van der Waals surface area (Å²) in [5.41, 5.74) is 4.33. The van der Waals surface area contributed by atoms with Crippen LogP contribution in [0.2, 0.25) is 0 Å². The number of rotatable bonds is 4. The first-order chi connectivity index (χ1) is 13.7. The van der Waals surface area contributed by atoms with E-state index in [0.29, 0.717) is 5.92 Å². The third kappa shape index (κ3) is 3.57. The van der Waals surface area contributed by atoms with E-state index in [1.54, 1.807) is 11.3 Å². The summed E-state index contributed by atoms with van der Waals surface area (Å²) in [7, 11) is 0. The average molecular weight is 390 g/mol. The van der Waals surface area contributed by atoms with E-state index in [0.717, 1.165) is 48.9 Å². The van der Waals surface area contributed by atoms with Crippen LogP contribution in [0.15, 0.2) is 54.0 Å². The van der Waals surface area contributed by atoms with Gasteiger partial charge in [0.1, 0.15) is 0 Å². The maximum absolute atomic E-state index is 4.83. The summed E-state index contributed by atoms with van der Waals surface area (Å²) in [5, 5.41) is 6.93. The molecule has 0 aliphatic carbocycles. The van der Waals surface area contributed by atoms with Crippen LogP contribution in [-0.2, 0) is 6.54 Å². The molecule has 4 aromatic heterocycles. The summed E-state index contributed by atoms with van der Waals surface area (Å²) in [4.78, 5) is 13.2. The zero-order valence-electron chi connectivity index (χ0n) is 16.0. The standard InChI is InChI=1S/C22H23N5S/c1-16-5-2-7-19(23-16)15-26-11-3-6-18(13-26)22-24-21-10-9-17(14-27(21)25-22)20-8-4-12-28-20/h2,4-5,7-10,12,14,18H,3,6,11,13,15H2,1H3. The van der Waals surface area contributed by atoms with Crippen LogP contribution in [0, 0.1) is 6.92 Å². The second kappa shape index (κ2) is 7.45. The SMILES string of the molecule is Cc1cccc(CN2CCCC(c3nc4ccc(-c5cccs5)cn4n3)C2)n1. The monoisotopic (exact) mass is 389 g/mol. The average Bonchev–Trinajstić information content (AvgIpc) is 3.37. The van der Waals surface area contributed by atoms with Crippen molar-refractivity contribution in [3.05, 3.63) is 71.3 Å². The lowest BCUT2D eigenvalue weighted by Crippen LogP contribution is -2.34. The number of aryl methyl sites for hydroxylation is 1. The number of nitrogens with zero attached hydrogens (tertiary/aromatic N) is 5. The molecule has 142 valence electrons. The smallest absolute Gasteiger partial charge is 0.156 e. The van der Waals surface area contributed by atoms with Gasteiger partial charge in [0.2, 0.25) is 0 Å². The molecular formula is C22H23N5S. The first-order valence-electron chi connectivity index (χ1n) is 9.80. The van der Waals surface area contributed by atoms with Gasteiger partial charge < -0.3 is 0 Å². The molecule has 0 saturated carbocycles. The van der Waals surface area contributed by atoms with Crippen molar-refractivity contribution in [2.75, 3.05) is 13.1 Å². The lowest BCUT2D eigenvalue weighted by atomic mass is 9.97. The molecular weight excluding hydrogens is 366 g/mol. The fourth-order valence-corrected chi connectivity index (χ4v) is 4.71. The minimum atomic E-state index is 0.378. The highest BCUT2D eigenvalue weighted by Crippen LogP contribution is 2.28. The van der Waals surface area contributed by atoms with Crippen molar-refractivity contribution in [1.29, 1.82) is 0 Å². The van der Waals surface area contributed by atoms with Crippen LogP contribution in [0.4, 0.5) is 0 Å². The number of hydrogen-bond donors (Lipinski definition) is 0. The predicted molar refractivity (Wildman–Crippen MR) is 113 cm³/mol. The molecule has 0 spiro atoms. The van der Waals surface area contributed by atoms with E-state index in [4.69, 9.17) is 10.1 Å². The summed E-state index contributed by atoms with van der Waals surface area (Å²) in [6, 6.07) is 14.7. The van der Waals surface area contributed by atoms with Crippen LogP contribution in [0.5, 0.6) is 0 Å². The number of thiophene rings is 1. The Labute approximate surface area is 168 Å². The quantitative estimate of drug-likeness (QED) is 0.514. The molecule has 1 aliphatic heterocycles. The van der Waals surface area contributed by atoms with Crippen LogP contribution in [0.25, 0.3) is 16.1 Å². The topological polar surface area (TPSA) is 46.3 Å². The van der Waals surface area contributed by atoms with E-state index in [1.807, 2.05) is 17.5 Å². The van der Waals surface area contributed by atoms with Crippen molar-refractivity contribution < 1.29 is 0 Å². The van der Waals surface area contributed by atoms with Gasteiger partial charge in [0.25, 0.3) is 0 Å². The van der Waals surface area contributed by atoms with Gasteiger partial charge in [-0.25, -0.2) is 9.50 Å². The van der Waals surface area contributed by atoms with Gasteiger partial charge in [0.15, 0.2) is 11.5 Å². The van der Waals surface area contributed by atoms with Gasteiger partial charge in [-0.3, -0.25) is 9.88 Å². The molecule has 28 heavy (non-hydrogen) atoms. The first-order valence-corrected chi connectivity index (χ1v) is 10.7. The Morgan fingerprint density at radius 2 is 2.07 bits per heavy atom. The van der Waals surface area contributed by atoms with Gasteiger partial charge in [-0.05, 0) is 62.0 Å². The molecule has 1 aliphatic rings. The number of hydrogen-bond acceptors (Lipinski definition) is 5. The molecule has 1 atom stereocenters. The Balaban J connectivity index is 1.35. The number of piperidine rings is 1. The van der Waals surface area contributed by atoms with Crippen molar-refractivity contribution in [1.82, 2.24) is 24.5 Å². The van der Waals surface area contributed by atoms with Crippen LogP contribution in [-0.4, -0.2) is 37.6 Å². The maximum atomic E-state index is 4.83. The van der Waals surface area contributed by atoms with Gasteiger partial charge in [-0.1, -0.05) is 12.1 Å². The van der Waals surface area contributed by atoms with Gasteiger partial charge in [0, 0.05) is 41.3 Å². The fraction of sp³-hybridized carbons (Fsp3) is 0.318. The molecule has 0 amide bonds. The number of fused-ring (bicyclic) bond motifs is 1. The first kappa shape index (κ1) is 17.5. The summed E-state index contributed by atoms with van der Waals surface area (Å²) in [6.07, 6.45) is 4.41. The minimum Gasteiger partial charge on any atom is -0.297 e. The molecule has 0 bridgehead atoms. The van der Waals surface area contributed by atoms with Crippen molar-refractivity contribution in [3.63, 3.8) is 0 Å². The Bertz CT molecular complexity index is 1090. The minimum absolute atomic E-state index is 0.378. The molecule has 1 fully saturated rings. The molecule has 5 heterocycles. The number of likely N-dealkylation sites (tertiary alicyclic amines) is 1. The Morgan fingerprint density at radius 3 is 2.93 bits per heavy atom. The summed E-state index contributed by atoms with van der Waals surface area (Å²) in [5.74, 6) is 1.34. The summed E-state index contributed by atoms with van der Waals surface area (Å²) in [6.45, 7) is 5.05.